The zero-order chi connectivity index (χ0) is 18.5. The van der Waals surface area contributed by atoms with Crippen LogP contribution in [0.3, 0.4) is 0 Å². The predicted molar refractivity (Wildman–Crippen MR) is 110 cm³/mol. The Balaban J connectivity index is 1.59. The molecule has 2 aromatic carbocycles. The van der Waals surface area contributed by atoms with Crippen molar-refractivity contribution in [2.75, 3.05) is 13.1 Å². The third kappa shape index (κ3) is 5.23. The maximum absolute atomic E-state index is 12.5. The number of rotatable bonds is 7. The van der Waals surface area contributed by atoms with Crippen LogP contribution in [0.2, 0.25) is 15.1 Å². The third-order valence-corrected chi connectivity index (χ3v) is 5.84. The summed E-state index contributed by atoms with van der Waals surface area (Å²) in [6.45, 7) is 2.30. The average molecular weight is 411 g/mol. The molecule has 1 saturated heterocycles. The van der Waals surface area contributed by atoms with Crippen LogP contribution in [0.1, 0.15) is 40.7 Å². The smallest absolute Gasteiger partial charge is 0.168 e. The summed E-state index contributed by atoms with van der Waals surface area (Å²) in [7, 11) is 0. The molecule has 0 aromatic heterocycles. The molecule has 1 fully saturated rings. The lowest BCUT2D eigenvalue weighted by Crippen LogP contribution is -2.09. The molecule has 0 aliphatic carbocycles. The molecular formula is C21H22Cl3NO. The zero-order valence-electron chi connectivity index (χ0n) is 14.5. The molecule has 0 amide bonds. The first-order valence-electron chi connectivity index (χ1n) is 8.99. The SMILES string of the molecule is O=C(Cc1ccc(CCCC2CCNC2)cc1Cl)c1ccc(Cl)cc1Cl. The second kappa shape index (κ2) is 9.23. The summed E-state index contributed by atoms with van der Waals surface area (Å²) < 4.78 is 0. The Labute approximate surface area is 169 Å². The molecule has 1 unspecified atom stereocenters. The summed E-state index contributed by atoms with van der Waals surface area (Å²) in [6, 6.07) is 10.9. The summed E-state index contributed by atoms with van der Waals surface area (Å²) in [5.41, 5.74) is 2.52. The second-order valence-electron chi connectivity index (χ2n) is 6.90. The number of benzene rings is 2. The molecule has 1 aliphatic heterocycles. The Kier molecular flexibility index (Phi) is 6.99. The van der Waals surface area contributed by atoms with Gasteiger partial charge in [-0.1, -0.05) is 46.9 Å². The molecule has 1 atom stereocenters. The van der Waals surface area contributed by atoms with Crippen LogP contribution in [-0.2, 0) is 12.8 Å². The van der Waals surface area contributed by atoms with Crippen molar-refractivity contribution in [1.82, 2.24) is 5.32 Å². The van der Waals surface area contributed by atoms with E-state index in [9.17, 15) is 4.79 Å². The van der Waals surface area contributed by atoms with Gasteiger partial charge in [0, 0.05) is 22.0 Å². The van der Waals surface area contributed by atoms with Gasteiger partial charge in [-0.05, 0) is 80.1 Å². The Morgan fingerprint density at radius 3 is 2.62 bits per heavy atom. The lowest BCUT2D eigenvalue weighted by atomic mass is 9.97. The minimum atomic E-state index is -0.0601. The molecule has 1 N–H and O–H groups in total. The van der Waals surface area contributed by atoms with Gasteiger partial charge in [0.25, 0.3) is 0 Å². The van der Waals surface area contributed by atoms with Crippen molar-refractivity contribution in [3.05, 3.63) is 68.2 Å². The van der Waals surface area contributed by atoms with Gasteiger partial charge in [-0.3, -0.25) is 4.79 Å². The third-order valence-electron chi connectivity index (χ3n) is 4.94. The number of hydrogen-bond acceptors (Lipinski definition) is 2. The normalized spacial score (nSPS) is 16.8. The molecule has 2 nitrogen and oxygen atoms in total. The first-order chi connectivity index (χ1) is 12.5. The van der Waals surface area contributed by atoms with Crippen molar-refractivity contribution in [2.45, 2.75) is 32.1 Å². The molecule has 138 valence electrons. The number of nitrogens with one attached hydrogen (secondary N) is 1. The number of carbonyl (C=O) groups is 1. The highest BCUT2D eigenvalue weighted by molar-refractivity contribution is 6.37. The fourth-order valence-corrected chi connectivity index (χ4v) is 4.21. The first kappa shape index (κ1) is 19.7. The Hall–Kier alpha value is -1.06. The fraction of sp³-hybridized carbons (Fsp3) is 0.381. The number of carbonyl (C=O) groups excluding carboxylic acids is 1. The van der Waals surface area contributed by atoms with Crippen LogP contribution < -0.4 is 5.32 Å². The Bertz CT molecular complexity index is 785. The van der Waals surface area contributed by atoms with Gasteiger partial charge in [0.2, 0.25) is 0 Å². The second-order valence-corrected chi connectivity index (χ2v) is 8.15. The molecule has 2 aromatic rings. The lowest BCUT2D eigenvalue weighted by Gasteiger charge is -2.10. The van der Waals surface area contributed by atoms with Gasteiger partial charge in [-0.2, -0.15) is 0 Å². The molecule has 0 spiro atoms. The van der Waals surface area contributed by atoms with E-state index in [-0.39, 0.29) is 12.2 Å². The van der Waals surface area contributed by atoms with E-state index in [1.54, 1.807) is 18.2 Å². The van der Waals surface area contributed by atoms with E-state index in [0.717, 1.165) is 31.0 Å². The van der Waals surface area contributed by atoms with Gasteiger partial charge >= 0.3 is 0 Å². The van der Waals surface area contributed by atoms with E-state index in [4.69, 9.17) is 34.8 Å². The van der Waals surface area contributed by atoms with Crippen LogP contribution in [0, 0.1) is 5.92 Å². The highest BCUT2D eigenvalue weighted by Crippen LogP contribution is 2.25. The van der Waals surface area contributed by atoms with Gasteiger partial charge in [-0.25, -0.2) is 0 Å². The molecule has 0 saturated carbocycles. The standard InChI is InChI=1S/C21H22Cl3NO/c22-17-6-7-18(20(24)12-17)21(26)11-16-5-4-14(10-19(16)23)2-1-3-15-8-9-25-13-15/h4-7,10,12,15,25H,1-3,8-9,11,13H2. The first-order valence-corrected chi connectivity index (χ1v) is 10.1. The molecular weight excluding hydrogens is 389 g/mol. The summed E-state index contributed by atoms with van der Waals surface area (Å²) in [6.07, 6.45) is 4.96. The van der Waals surface area contributed by atoms with Gasteiger partial charge in [-0.15, -0.1) is 0 Å². The molecule has 5 heteroatoms. The molecule has 26 heavy (non-hydrogen) atoms. The van der Waals surface area contributed by atoms with E-state index in [1.807, 2.05) is 12.1 Å². The average Bonchev–Trinajstić information content (AvgIpc) is 3.10. The van der Waals surface area contributed by atoms with Crippen LogP contribution in [-0.4, -0.2) is 18.9 Å². The number of ketones is 1. The van der Waals surface area contributed by atoms with E-state index in [1.165, 1.54) is 24.8 Å². The van der Waals surface area contributed by atoms with Crippen LogP contribution >= 0.6 is 34.8 Å². The Morgan fingerprint density at radius 2 is 1.92 bits per heavy atom. The van der Waals surface area contributed by atoms with E-state index in [0.29, 0.717) is 20.6 Å². The van der Waals surface area contributed by atoms with Gasteiger partial charge < -0.3 is 5.32 Å². The fourth-order valence-electron chi connectivity index (χ4n) is 3.43. The maximum atomic E-state index is 12.5. The van der Waals surface area contributed by atoms with Crippen LogP contribution in [0.25, 0.3) is 0 Å². The van der Waals surface area contributed by atoms with Gasteiger partial charge in [0.15, 0.2) is 5.78 Å². The van der Waals surface area contributed by atoms with Crippen LogP contribution in [0.5, 0.6) is 0 Å². The van der Waals surface area contributed by atoms with Crippen LogP contribution in [0.4, 0.5) is 0 Å². The highest BCUT2D eigenvalue weighted by atomic mass is 35.5. The monoisotopic (exact) mass is 409 g/mol. The summed E-state index contributed by atoms with van der Waals surface area (Å²) in [5.74, 6) is 0.751. The van der Waals surface area contributed by atoms with Crippen molar-refractivity contribution in [3.8, 4) is 0 Å². The molecule has 3 rings (SSSR count). The zero-order valence-corrected chi connectivity index (χ0v) is 16.8. The van der Waals surface area contributed by atoms with Gasteiger partial charge in [0.05, 0.1) is 5.02 Å². The maximum Gasteiger partial charge on any atom is 0.168 e. The predicted octanol–water partition coefficient (Wildman–Crippen LogP) is 6.00. The van der Waals surface area contributed by atoms with E-state index in [2.05, 4.69) is 11.4 Å². The topological polar surface area (TPSA) is 29.1 Å². The van der Waals surface area contributed by atoms with E-state index < -0.39 is 0 Å². The largest absolute Gasteiger partial charge is 0.316 e. The van der Waals surface area contributed by atoms with Crippen molar-refractivity contribution in [3.63, 3.8) is 0 Å². The number of halogens is 3. The molecule has 1 aliphatic rings. The van der Waals surface area contributed by atoms with Gasteiger partial charge in [0.1, 0.15) is 0 Å². The van der Waals surface area contributed by atoms with Crippen molar-refractivity contribution >= 4 is 40.6 Å². The lowest BCUT2D eigenvalue weighted by molar-refractivity contribution is 0.0993. The summed E-state index contributed by atoms with van der Waals surface area (Å²) >= 11 is 18.4. The van der Waals surface area contributed by atoms with E-state index >= 15 is 0 Å². The van der Waals surface area contributed by atoms with Crippen molar-refractivity contribution in [1.29, 1.82) is 0 Å². The minimum absolute atomic E-state index is 0.0601. The number of Topliss-reactive ketones (excluding diaryl/α,β-unsaturated/α-hetero) is 1. The number of hydrogen-bond donors (Lipinski definition) is 1. The molecule has 0 radical (unpaired) electrons. The molecule has 0 bridgehead atoms. The van der Waals surface area contributed by atoms with Crippen LogP contribution in [0.15, 0.2) is 36.4 Å². The van der Waals surface area contributed by atoms with Crippen molar-refractivity contribution in [2.24, 2.45) is 5.92 Å². The minimum Gasteiger partial charge on any atom is -0.316 e. The summed E-state index contributed by atoms with van der Waals surface area (Å²) in [5, 5.41) is 4.94. The quantitative estimate of drug-likeness (QED) is 0.567. The Morgan fingerprint density at radius 1 is 1.08 bits per heavy atom. The summed E-state index contributed by atoms with van der Waals surface area (Å²) in [4.78, 5) is 12.5. The number of aryl methyl sites for hydroxylation is 1. The molecule has 1 heterocycles. The van der Waals surface area contributed by atoms with Crippen molar-refractivity contribution < 1.29 is 4.79 Å². The highest BCUT2D eigenvalue weighted by Gasteiger charge is 2.15.